The lowest BCUT2D eigenvalue weighted by molar-refractivity contribution is -0.119. The highest BCUT2D eigenvalue weighted by Crippen LogP contribution is 2.35. The Morgan fingerprint density at radius 1 is 1.19 bits per heavy atom. The summed E-state index contributed by atoms with van der Waals surface area (Å²) in [6, 6.07) is 9.35. The first-order chi connectivity index (χ1) is 14.7. The van der Waals surface area contributed by atoms with E-state index in [1.165, 1.54) is 17.3 Å². The predicted octanol–water partition coefficient (Wildman–Crippen LogP) is 2.48. The van der Waals surface area contributed by atoms with Crippen LogP contribution in [0, 0.1) is 6.92 Å². The van der Waals surface area contributed by atoms with E-state index in [0.29, 0.717) is 25.1 Å². The van der Waals surface area contributed by atoms with Gasteiger partial charge >= 0.3 is 0 Å². The van der Waals surface area contributed by atoms with E-state index in [-0.39, 0.29) is 29.3 Å². The second kappa shape index (κ2) is 8.05. The van der Waals surface area contributed by atoms with Gasteiger partial charge in [-0.15, -0.1) is 0 Å². The van der Waals surface area contributed by atoms with Crippen molar-refractivity contribution in [1.29, 1.82) is 0 Å². The molecule has 0 spiro atoms. The summed E-state index contributed by atoms with van der Waals surface area (Å²) in [7, 11) is -3.86. The molecular weight excluding hydrogens is 416 g/mol. The number of carbonyl (C=O) groups is 2. The van der Waals surface area contributed by atoms with Crippen molar-refractivity contribution >= 4 is 33.3 Å². The molecule has 0 radical (unpaired) electrons. The average molecular weight is 443 g/mol. The first kappa shape index (κ1) is 21.5. The predicted molar refractivity (Wildman–Crippen MR) is 117 cm³/mol. The van der Waals surface area contributed by atoms with Crippen LogP contribution < -0.4 is 10.2 Å². The van der Waals surface area contributed by atoms with Crippen LogP contribution >= 0.6 is 0 Å². The summed E-state index contributed by atoms with van der Waals surface area (Å²) in [5.41, 5.74) is 2.34. The average Bonchev–Trinajstić information content (AvgIpc) is 3.31. The number of aromatic nitrogens is 1. The number of benzene rings is 1. The van der Waals surface area contributed by atoms with Gasteiger partial charge in [-0.25, -0.2) is 13.4 Å². The van der Waals surface area contributed by atoms with Gasteiger partial charge in [-0.3, -0.25) is 9.59 Å². The molecule has 0 unspecified atom stereocenters. The Hall–Kier alpha value is -2.78. The van der Waals surface area contributed by atoms with Crippen LogP contribution in [-0.2, 0) is 26.0 Å². The fraction of sp³-hybridized carbons (Fsp3) is 0.409. The second-order valence-electron chi connectivity index (χ2n) is 8.16. The van der Waals surface area contributed by atoms with Crippen molar-refractivity contribution in [2.24, 2.45) is 0 Å². The molecule has 1 N–H and O–H groups in total. The molecule has 2 atom stereocenters. The van der Waals surface area contributed by atoms with Gasteiger partial charge in [-0.1, -0.05) is 6.07 Å². The van der Waals surface area contributed by atoms with E-state index in [1.807, 2.05) is 19.9 Å². The highest BCUT2D eigenvalue weighted by atomic mass is 32.2. The van der Waals surface area contributed by atoms with Gasteiger partial charge in [0.25, 0.3) is 0 Å². The molecule has 0 aliphatic carbocycles. The van der Waals surface area contributed by atoms with Crippen LogP contribution in [0.5, 0.6) is 0 Å². The van der Waals surface area contributed by atoms with Gasteiger partial charge in [-0.2, -0.15) is 4.31 Å². The number of carbonyl (C=O) groups excluding carboxylic acids is 2. The summed E-state index contributed by atoms with van der Waals surface area (Å²) in [5.74, 6) is -0.0373. The molecule has 2 aliphatic heterocycles. The van der Waals surface area contributed by atoms with Gasteiger partial charge in [0.15, 0.2) is 0 Å². The molecule has 31 heavy (non-hydrogen) atoms. The van der Waals surface area contributed by atoms with Crippen LogP contribution in [0.4, 0.5) is 11.5 Å². The maximum absolute atomic E-state index is 13.4. The maximum atomic E-state index is 13.4. The molecule has 1 aromatic carbocycles. The van der Waals surface area contributed by atoms with Crippen LogP contribution in [-0.4, -0.2) is 48.1 Å². The Kier molecular flexibility index (Phi) is 5.57. The Morgan fingerprint density at radius 2 is 1.97 bits per heavy atom. The van der Waals surface area contributed by atoms with E-state index >= 15 is 0 Å². The lowest BCUT2D eigenvalue weighted by atomic mass is 10.1. The number of fused-ring (bicyclic) bond motifs is 1. The first-order valence-electron chi connectivity index (χ1n) is 10.4. The number of sulfonamides is 1. The van der Waals surface area contributed by atoms with Gasteiger partial charge < -0.3 is 10.2 Å². The van der Waals surface area contributed by atoms with E-state index in [4.69, 9.17) is 0 Å². The lowest BCUT2D eigenvalue weighted by Crippen LogP contribution is -2.43. The summed E-state index contributed by atoms with van der Waals surface area (Å²) < 4.78 is 28.1. The highest BCUT2D eigenvalue weighted by Gasteiger charge is 2.40. The molecule has 2 aliphatic rings. The first-order valence-corrected chi connectivity index (χ1v) is 11.8. The summed E-state index contributed by atoms with van der Waals surface area (Å²) in [5, 5.41) is 2.74. The van der Waals surface area contributed by atoms with Gasteiger partial charge in [0.2, 0.25) is 21.8 Å². The quantitative estimate of drug-likeness (QED) is 0.784. The molecular formula is C22H26N4O4S. The van der Waals surface area contributed by atoms with Gasteiger partial charge in [0.1, 0.15) is 11.9 Å². The SMILES string of the molecule is CC(=O)N1c2ccc(S(=O)(=O)N3CCC[C@@H]3C(=O)Nc3cccc(C)n3)cc2C[C@H]1C. The Bertz CT molecular complexity index is 1150. The van der Waals surface area contributed by atoms with Gasteiger partial charge in [-0.05, 0) is 69.0 Å². The van der Waals surface area contributed by atoms with Crippen molar-refractivity contribution < 1.29 is 18.0 Å². The van der Waals surface area contributed by atoms with Crippen LogP contribution in [0.15, 0.2) is 41.3 Å². The molecule has 4 rings (SSSR count). The number of hydrogen-bond donors (Lipinski definition) is 1. The monoisotopic (exact) mass is 442 g/mol. The normalized spacial score (nSPS) is 21.2. The molecule has 2 amide bonds. The Balaban J connectivity index is 1.59. The van der Waals surface area contributed by atoms with Crippen LogP contribution in [0.2, 0.25) is 0 Å². The fourth-order valence-electron chi connectivity index (χ4n) is 4.50. The summed E-state index contributed by atoms with van der Waals surface area (Å²) in [6.07, 6.45) is 1.66. The lowest BCUT2D eigenvalue weighted by Gasteiger charge is -2.24. The number of nitrogens with zero attached hydrogens (tertiary/aromatic N) is 3. The van der Waals surface area contributed by atoms with E-state index in [9.17, 15) is 18.0 Å². The van der Waals surface area contributed by atoms with E-state index in [0.717, 1.165) is 16.9 Å². The molecule has 164 valence electrons. The third-order valence-electron chi connectivity index (χ3n) is 5.86. The smallest absolute Gasteiger partial charge is 0.243 e. The minimum Gasteiger partial charge on any atom is -0.309 e. The topological polar surface area (TPSA) is 99.7 Å². The van der Waals surface area contributed by atoms with E-state index in [2.05, 4.69) is 10.3 Å². The standard InChI is InChI=1S/C22H26N4O4S/c1-14-6-4-8-21(23-14)24-22(28)20-7-5-11-25(20)31(29,30)18-9-10-19-17(13-18)12-15(2)26(19)16(3)27/h4,6,8-10,13,15,20H,5,7,11-12H2,1-3H3,(H,23,24,28)/t15-,20-/m1/s1. The minimum absolute atomic E-state index is 0.0161. The number of anilines is 2. The zero-order valence-corrected chi connectivity index (χ0v) is 18.6. The summed E-state index contributed by atoms with van der Waals surface area (Å²) >= 11 is 0. The van der Waals surface area contributed by atoms with E-state index in [1.54, 1.807) is 29.2 Å². The molecule has 1 aromatic heterocycles. The Morgan fingerprint density at radius 3 is 2.68 bits per heavy atom. The molecule has 0 saturated carbocycles. The molecule has 2 aromatic rings. The van der Waals surface area contributed by atoms with Crippen molar-refractivity contribution in [2.75, 3.05) is 16.8 Å². The third-order valence-corrected chi connectivity index (χ3v) is 7.76. The maximum Gasteiger partial charge on any atom is 0.243 e. The van der Waals surface area contributed by atoms with E-state index < -0.39 is 16.1 Å². The van der Waals surface area contributed by atoms with Crippen molar-refractivity contribution in [3.8, 4) is 0 Å². The van der Waals surface area contributed by atoms with Crippen LogP contribution in [0.3, 0.4) is 0 Å². The molecule has 1 fully saturated rings. The molecule has 3 heterocycles. The highest BCUT2D eigenvalue weighted by molar-refractivity contribution is 7.89. The number of amides is 2. The minimum atomic E-state index is -3.86. The molecule has 1 saturated heterocycles. The number of rotatable bonds is 4. The second-order valence-corrected chi connectivity index (χ2v) is 10.1. The molecule has 8 nitrogen and oxygen atoms in total. The fourth-order valence-corrected chi connectivity index (χ4v) is 6.20. The molecule has 0 bridgehead atoms. The summed E-state index contributed by atoms with van der Waals surface area (Å²) in [4.78, 5) is 30.9. The van der Waals surface area contributed by atoms with Crippen LogP contribution in [0.25, 0.3) is 0 Å². The van der Waals surface area contributed by atoms with Gasteiger partial charge in [0.05, 0.1) is 4.90 Å². The Labute approximate surface area is 182 Å². The number of aryl methyl sites for hydroxylation is 1. The zero-order chi connectivity index (χ0) is 22.3. The van der Waals surface area contributed by atoms with Crippen LogP contribution in [0.1, 0.15) is 37.9 Å². The van der Waals surface area contributed by atoms with Crippen molar-refractivity contribution in [3.05, 3.63) is 47.7 Å². The number of pyridine rings is 1. The van der Waals surface area contributed by atoms with Gasteiger partial charge in [0, 0.05) is 30.9 Å². The molecule has 9 heteroatoms. The number of nitrogens with one attached hydrogen (secondary N) is 1. The summed E-state index contributed by atoms with van der Waals surface area (Å²) in [6.45, 7) is 5.56. The van der Waals surface area contributed by atoms with Crippen molar-refractivity contribution in [3.63, 3.8) is 0 Å². The van der Waals surface area contributed by atoms with Crippen molar-refractivity contribution in [2.45, 2.75) is 57.0 Å². The zero-order valence-electron chi connectivity index (χ0n) is 17.8. The number of hydrogen-bond acceptors (Lipinski definition) is 5. The largest absolute Gasteiger partial charge is 0.309 e. The third kappa shape index (κ3) is 3.95. The van der Waals surface area contributed by atoms with Crippen molar-refractivity contribution in [1.82, 2.24) is 9.29 Å².